The van der Waals surface area contributed by atoms with Crippen LogP contribution < -0.4 is 4.74 Å². The first-order valence-corrected chi connectivity index (χ1v) is 5.49. The fourth-order valence-corrected chi connectivity index (χ4v) is 2.87. The van der Waals surface area contributed by atoms with Crippen molar-refractivity contribution < 1.29 is 14.6 Å². The van der Waals surface area contributed by atoms with Gasteiger partial charge in [-0.15, -0.1) is 11.3 Å². The van der Waals surface area contributed by atoms with Crippen LogP contribution in [-0.4, -0.2) is 11.3 Å². The number of rotatable bonds is 1. The van der Waals surface area contributed by atoms with Gasteiger partial charge in [-0.1, -0.05) is 6.92 Å². The van der Waals surface area contributed by atoms with Crippen molar-refractivity contribution in [3.05, 3.63) is 16.5 Å². The van der Waals surface area contributed by atoms with Gasteiger partial charge in [-0.2, -0.15) is 0 Å². The standard InChI is InChI=1S/C10H12O3S/c1-6-2-3-8-7(4-6)5-9(14-8)13-10(11)12/h5-6H,2-4H2,1H3,(H,11,12). The summed E-state index contributed by atoms with van der Waals surface area (Å²) in [4.78, 5) is 11.6. The summed E-state index contributed by atoms with van der Waals surface area (Å²) in [7, 11) is 0. The van der Waals surface area contributed by atoms with Gasteiger partial charge >= 0.3 is 6.16 Å². The van der Waals surface area contributed by atoms with E-state index in [-0.39, 0.29) is 0 Å². The minimum absolute atomic E-state index is 0.511. The molecular formula is C10H12O3S. The molecule has 0 aliphatic heterocycles. The van der Waals surface area contributed by atoms with Crippen LogP contribution in [0.5, 0.6) is 5.06 Å². The van der Waals surface area contributed by atoms with E-state index in [4.69, 9.17) is 5.11 Å². The Hall–Kier alpha value is -1.03. The van der Waals surface area contributed by atoms with Crippen LogP contribution in [0, 0.1) is 5.92 Å². The highest BCUT2D eigenvalue weighted by Crippen LogP contribution is 2.36. The summed E-state index contributed by atoms with van der Waals surface area (Å²) in [6, 6.07) is 1.86. The molecule has 1 unspecified atom stereocenters. The highest BCUT2D eigenvalue weighted by Gasteiger charge is 2.19. The number of carboxylic acid groups (broad SMARTS) is 1. The van der Waals surface area contributed by atoms with E-state index in [1.807, 2.05) is 6.07 Å². The van der Waals surface area contributed by atoms with Crippen molar-refractivity contribution in [1.29, 1.82) is 0 Å². The van der Waals surface area contributed by atoms with Gasteiger partial charge in [0.1, 0.15) is 0 Å². The number of hydrogen-bond donors (Lipinski definition) is 1. The molecule has 0 radical (unpaired) electrons. The number of thiophene rings is 1. The first-order chi connectivity index (χ1) is 6.65. The molecule has 0 spiro atoms. The first kappa shape index (κ1) is 9.52. The van der Waals surface area contributed by atoms with Crippen LogP contribution in [0.15, 0.2) is 6.07 Å². The summed E-state index contributed by atoms with van der Waals surface area (Å²) in [6.07, 6.45) is 2.08. The van der Waals surface area contributed by atoms with Gasteiger partial charge in [0.25, 0.3) is 0 Å². The van der Waals surface area contributed by atoms with Gasteiger partial charge in [0, 0.05) is 4.88 Å². The maximum Gasteiger partial charge on any atom is 0.512 e. The lowest BCUT2D eigenvalue weighted by molar-refractivity contribution is 0.146. The molecule has 14 heavy (non-hydrogen) atoms. The third-order valence-electron chi connectivity index (χ3n) is 2.49. The van der Waals surface area contributed by atoms with E-state index in [1.165, 1.54) is 28.2 Å². The van der Waals surface area contributed by atoms with Gasteiger partial charge in [0.05, 0.1) is 0 Å². The maximum absolute atomic E-state index is 10.3. The van der Waals surface area contributed by atoms with Crippen molar-refractivity contribution in [3.63, 3.8) is 0 Å². The monoisotopic (exact) mass is 212 g/mol. The zero-order valence-electron chi connectivity index (χ0n) is 7.95. The topological polar surface area (TPSA) is 46.5 Å². The van der Waals surface area contributed by atoms with Crippen molar-refractivity contribution in [2.24, 2.45) is 5.92 Å². The maximum atomic E-state index is 10.3. The molecule has 2 rings (SSSR count). The normalized spacial score (nSPS) is 20.2. The molecule has 76 valence electrons. The molecule has 1 N–H and O–H groups in total. The highest BCUT2D eigenvalue weighted by atomic mass is 32.1. The molecule has 3 nitrogen and oxygen atoms in total. The van der Waals surface area contributed by atoms with Gasteiger partial charge in [-0.25, -0.2) is 4.79 Å². The lowest BCUT2D eigenvalue weighted by atomic mass is 9.90. The second-order valence-corrected chi connectivity index (χ2v) is 4.83. The molecular weight excluding hydrogens is 200 g/mol. The molecule has 0 saturated heterocycles. The van der Waals surface area contributed by atoms with Crippen LogP contribution in [0.3, 0.4) is 0 Å². The third kappa shape index (κ3) is 1.90. The van der Waals surface area contributed by atoms with Gasteiger partial charge in [-0.3, -0.25) is 0 Å². The van der Waals surface area contributed by atoms with Crippen molar-refractivity contribution in [1.82, 2.24) is 0 Å². The quantitative estimate of drug-likeness (QED) is 0.728. The number of ether oxygens (including phenoxy) is 1. The van der Waals surface area contributed by atoms with Crippen molar-refractivity contribution in [3.8, 4) is 5.06 Å². The van der Waals surface area contributed by atoms with Crippen LogP contribution in [0.25, 0.3) is 0 Å². The van der Waals surface area contributed by atoms with Crippen LogP contribution in [0.2, 0.25) is 0 Å². The molecule has 0 aromatic carbocycles. The summed E-state index contributed by atoms with van der Waals surface area (Å²) in [5.74, 6) is 0.703. The fourth-order valence-electron chi connectivity index (χ4n) is 1.81. The zero-order chi connectivity index (χ0) is 10.1. The van der Waals surface area contributed by atoms with E-state index >= 15 is 0 Å². The second kappa shape index (κ2) is 3.61. The van der Waals surface area contributed by atoms with E-state index in [2.05, 4.69) is 11.7 Å². The minimum atomic E-state index is -1.23. The summed E-state index contributed by atoms with van der Waals surface area (Å²) in [6.45, 7) is 2.22. The lowest BCUT2D eigenvalue weighted by Crippen LogP contribution is -2.08. The van der Waals surface area contributed by atoms with E-state index in [9.17, 15) is 4.79 Å². The lowest BCUT2D eigenvalue weighted by Gasteiger charge is -2.16. The van der Waals surface area contributed by atoms with Crippen LogP contribution in [-0.2, 0) is 12.8 Å². The van der Waals surface area contributed by atoms with Gasteiger partial charge in [0.2, 0.25) is 0 Å². The van der Waals surface area contributed by atoms with Gasteiger partial charge < -0.3 is 9.84 Å². The number of carbonyl (C=O) groups is 1. The van der Waals surface area contributed by atoms with Crippen molar-refractivity contribution >= 4 is 17.5 Å². The Bertz CT molecular complexity index is 356. The molecule has 0 fully saturated rings. The average Bonchev–Trinajstić information content (AvgIpc) is 2.44. The van der Waals surface area contributed by atoms with Crippen LogP contribution >= 0.6 is 11.3 Å². The smallest absolute Gasteiger partial charge is 0.449 e. The summed E-state index contributed by atoms with van der Waals surface area (Å²) < 4.78 is 4.64. The molecule has 1 aliphatic carbocycles. The summed E-state index contributed by atoms with van der Waals surface area (Å²) in [5, 5.41) is 8.98. The SMILES string of the molecule is CC1CCc2sc(OC(=O)O)cc2C1. The summed E-state index contributed by atoms with van der Waals surface area (Å²) in [5.41, 5.74) is 1.27. The molecule has 0 saturated carbocycles. The first-order valence-electron chi connectivity index (χ1n) is 4.67. The Kier molecular flexibility index (Phi) is 2.46. The predicted molar refractivity (Wildman–Crippen MR) is 54.2 cm³/mol. The van der Waals surface area contributed by atoms with Crippen LogP contribution in [0.1, 0.15) is 23.8 Å². The molecule has 1 aromatic rings. The van der Waals surface area contributed by atoms with E-state index < -0.39 is 6.16 Å². The summed E-state index contributed by atoms with van der Waals surface area (Å²) >= 11 is 1.46. The minimum Gasteiger partial charge on any atom is -0.449 e. The van der Waals surface area contributed by atoms with Crippen molar-refractivity contribution in [2.45, 2.75) is 26.2 Å². The molecule has 1 aliphatic rings. The third-order valence-corrected chi connectivity index (χ3v) is 3.61. The molecule has 0 bridgehead atoms. The number of hydrogen-bond acceptors (Lipinski definition) is 3. The Morgan fingerprint density at radius 1 is 1.71 bits per heavy atom. The Morgan fingerprint density at radius 3 is 3.21 bits per heavy atom. The van der Waals surface area contributed by atoms with E-state index in [0.29, 0.717) is 11.0 Å². The number of aryl methyl sites for hydroxylation is 1. The molecule has 1 heterocycles. The number of fused-ring (bicyclic) bond motifs is 1. The molecule has 4 heteroatoms. The Labute approximate surface area is 86.3 Å². The second-order valence-electron chi connectivity index (χ2n) is 3.73. The highest BCUT2D eigenvalue weighted by molar-refractivity contribution is 7.14. The predicted octanol–water partition coefficient (Wildman–Crippen LogP) is 2.93. The Morgan fingerprint density at radius 2 is 2.50 bits per heavy atom. The zero-order valence-corrected chi connectivity index (χ0v) is 8.76. The molecule has 1 atom stereocenters. The Balaban J connectivity index is 2.19. The van der Waals surface area contributed by atoms with E-state index in [1.54, 1.807) is 0 Å². The van der Waals surface area contributed by atoms with E-state index in [0.717, 1.165) is 12.8 Å². The molecule has 0 amide bonds. The fraction of sp³-hybridized carbons (Fsp3) is 0.500. The van der Waals surface area contributed by atoms with Gasteiger partial charge in [0.15, 0.2) is 5.06 Å². The molecule has 1 aromatic heterocycles. The van der Waals surface area contributed by atoms with Crippen molar-refractivity contribution in [2.75, 3.05) is 0 Å². The van der Waals surface area contributed by atoms with Gasteiger partial charge in [-0.05, 0) is 36.8 Å². The average molecular weight is 212 g/mol. The van der Waals surface area contributed by atoms with Crippen LogP contribution in [0.4, 0.5) is 4.79 Å². The largest absolute Gasteiger partial charge is 0.512 e.